The summed E-state index contributed by atoms with van der Waals surface area (Å²) >= 11 is 6.52. The van der Waals surface area contributed by atoms with E-state index in [9.17, 15) is 9.18 Å². The van der Waals surface area contributed by atoms with Crippen LogP contribution < -0.4 is 15.2 Å². The first kappa shape index (κ1) is 23.7. The number of aromatic nitrogens is 4. The Morgan fingerprint density at radius 3 is 2.89 bits per heavy atom. The lowest BCUT2D eigenvalue weighted by Crippen LogP contribution is -2.36. The van der Waals surface area contributed by atoms with Crippen molar-refractivity contribution in [2.75, 3.05) is 18.1 Å². The quantitative estimate of drug-likeness (QED) is 0.488. The highest BCUT2D eigenvalue weighted by Crippen LogP contribution is 2.35. The van der Waals surface area contributed by atoms with E-state index >= 15 is 0 Å². The molecule has 0 saturated carbocycles. The topological polar surface area (TPSA) is 82.4 Å². The second-order valence-corrected chi connectivity index (χ2v) is 9.51. The molecule has 2 aliphatic heterocycles. The summed E-state index contributed by atoms with van der Waals surface area (Å²) in [7, 11) is 0. The predicted octanol–water partition coefficient (Wildman–Crippen LogP) is 5.00. The van der Waals surface area contributed by atoms with Crippen LogP contribution in [0, 0.1) is 5.82 Å². The molecular weight excluding hydrogens is 473 g/mol. The van der Waals surface area contributed by atoms with E-state index in [1.54, 1.807) is 12.3 Å². The molecule has 1 atom stereocenters. The molecule has 2 aliphatic rings. The molecule has 0 bridgehead atoms. The molecule has 4 heterocycles. The van der Waals surface area contributed by atoms with Crippen molar-refractivity contribution in [3.05, 3.63) is 68.7 Å². The minimum Gasteiger partial charge on any atom is -0.438 e. The number of nitrogens with zero attached hydrogens (tertiary/aromatic N) is 5. The Hall–Kier alpha value is -3.04. The third kappa shape index (κ3) is 4.75. The van der Waals surface area contributed by atoms with Crippen LogP contribution in [0.1, 0.15) is 62.1 Å². The molecule has 1 fully saturated rings. The van der Waals surface area contributed by atoms with E-state index in [1.165, 1.54) is 23.1 Å². The molecule has 5 rings (SSSR count). The number of benzene rings is 1. The highest BCUT2D eigenvalue weighted by Gasteiger charge is 2.27. The van der Waals surface area contributed by atoms with Gasteiger partial charge in [0.25, 0.3) is 5.56 Å². The van der Waals surface area contributed by atoms with Gasteiger partial charge in [0.1, 0.15) is 22.9 Å². The number of hydrogen-bond acceptors (Lipinski definition) is 7. The van der Waals surface area contributed by atoms with Gasteiger partial charge in [-0.3, -0.25) is 4.79 Å². The van der Waals surface area contributed by atoms with E-state index in [4.69, 9.17) is 21.1 Å². The Labute approximate surface area is 207 Å². The van der Waals surface area contributed by atoms with Crippen LogP contribution in [-0.2, 0) is 17.7 Å². The Kier molecular flexibility index (Phi) is 6.71. The Morgan fingerprint density at radius 1 is 1.26 bits per heavy atom. The Morgan fingerprint density at radius 2 is 2.11 bits per heavy atom. The van der Waals surface area contributed by atoms with Gasteiger partial charge in [-0.1, -0.05) is 25.4 Å². The maximum Gasteiger partial charge on any atom is 0.290 e. The Balaban J connectivity index is 1.40. The van der Waals surface area contributed by atoms with E-state index in [2.05, 4.69) is 15.1 Å². The van der Waals surface area contributed by atoms with Crippen LogP contribution in [0.3, 0.4) is 0 Å². The van der Waals surface area contributed by atoms with E-state index in [1.807, 2.05) is 18.7 Å². The van der Waals surface area contributed by atoms with Gasteiger partial charge >= 0.3 is 0 Å². The zero-order chi connectivity index (χ0) is 24.5. The molecule has 0 aliphatic carbocycles. The molecular formula is C25H27ClFN5O3. The molecule has 0 radical (unpaired) electrons. The van der Waals surface area contributed by atoms with E-state index in [0.717, 1.165) is 36.1 Å². The van der Waals surface area contributed by atoms with Gasteiger partial charge in [0, 0.05) is 24.3 Å². The molecule has 1 saturated heterocycles. The van der Waals surface area contributed by atoms with Crippen molar-refractivity contribution in [2.45, 2.75) is 58.2 Å². The van der Waals surface area contributed by atoms with Gasteiger partial charge in [-0.05, 0) is 49.8 Å². The van der Waals surface area contributed by atoms with Crippen LogP contribution >= 0.6 is 11.6 Å². The van der Waals surface area contributed by atoms with E-state index < -0.39 is 0 Å². The lowest BCUT2D eigenvalue weighted by Gasteiger charge is -2.31. The van der Waals surface area contributed by atoms with Crippen molar-refractivity contribution >= 4 is 17.3 Å². The monoisotopic (exact) mass is 499 g/mol. The van der Waals surface area contributed by atoms with Crippen molar-refractivity contribution in [1.82, 2.24) is 19.7 Å². The molecule has 184 valence electrons. The highest BCUT2D eigenvalue weighted by molar-refractivity contribution is 6.33. The molecule has 8 nitrogen and oxygen atoms in total. The summed E-state index contributed by atoms with van der Waals surface area (Å²) in [4.78, 5) is 23.7. The van der Waals surface area contributed by atoms with Crippen LogP contribution in [-0.4, -0.2) is 32.9 Å². The summed E-state index contributed by atoms with van der Waals surface area (Å²) in [5.74, 6) is 0.816. The van der Waals surface area contributed by atoms with Crippen LogP contribution in [0.15, 0.2) is 35.5 Å². The third-order valence-corrected chi connectivity index (χ3v) is 6.82. The van der Waals surface area contributed by atoms with Gasteiger partial charge in [-0.15, -0.1) is 0 Å². The van der Waals surface area contributed by atoms with E-state index in [-0.39, 0.29) is 28.5 Å². The van der Waals surface area contributed by atoms with Crippen LogP contribution in [0.2, 0.25) is 5.02 Å². The molecule has 10 heteroatoms. The maximum absolute atomic E-state index is 13.8. The first-order chi connectivity index (χ1) is 16.9. The fourth-order valence-electron chi connectivity index (χ4n) is 4.56. The zero-order valence-corrected chi connectivity index (χ0v) is 20.5. The van der Waals surface area contributed by atoms with Gasteiger partial charge in [-0.2, -0.15) is 9.78 Å². The number of halogens is 2. The minimum absolute atomic E-state index is 0.0876. The summed E-state index contributed by atoms with van der Waals surface area (Å²) < 4.78 is 27.0. The van der Waals surface area contributed by atoms with Crippen molar-refractivity contribution < 1.29 is 13.9 Å². The number of rotatable bonds is 5. The summed E-state index contributed by atoms with van der Waals surface area (Å²) in [5.41, 5.74) is 2.65. The minimum atomic E-state index is -0.375. The normalized spacial score (nSPS) is 18.0. The second kappa shape index (κ2) is 9.91. The molecule has 0 spiro atoms. The SMILES string of the molecule is CC(C)c1cc(F)ccc1Oc1ncnc2c1CCN(c1cnn(C3CCCCO3)c(=O)c1Cl)C2. The predicted molar refractivity (Wildman–Crippen MR) is 130 cm³/mol. The molecule has 35 heavy (non-hydrogen) atoms. The first-order valence-electron chi connectivity index (χ1n) is 11.9. The number of fused-ring (bicyclic) bond motifs is 1. The molecule has 0 N–H and O–H groups in total. The van der Waals surface area contributed by atoms with Crippen LogP contribution in [0.4, 0.5) is 10.1 Å². The average molecular weight is 500 g/mol. The first-order valence-corrected chi connectivity index (χ1v) is 12.2. The number of hydrogen-bond donors (Lipinski definition) is 0. The largest absolute Gasteiger partial charge is 0.438 e. The summed E-state index contributed by atoms with van der Waals surface area (Å²) in [6.45, 7) is 5.60. The molecule has 1 aromatic carbocycles. The van der Waals surface area contributed by atoms with Crippen LogP contribution in [0.5, 0.6) is 11.6 Å². The van der Waals surface area contributed by atoms with Gasteiger partial charge in [0.05, 0.1) is 24.1 Å². The molecule has 1 unspecified atom stereocenters. The van der Waals surface area contributed by atoms with Crippen molar-refractivity contribution in [3.8, 4) is 11.6 Å². The molecule has 2 aromatic heterocycles. The fourth-order valence-corrected chi connectivity index (χ4v) is 4.82. The third-order valence-electron chi connectivity index (χ3n) is 6.46. The second-order valence-electron chi connectivity index (χ2n) is 9.13. The van der Waals surface area contributed by atoms with Crippen molar-refractivity contribution in [1.29, 1.82) is 0 Å². The average Bonchev–Trinajstić information content (AvgIpc) is 2.87. The van der Waals surface area contributed by atoms with E-state index in [0.29, 0.717) is 43.4 Å². The maximum atomic E-state index is 13.8. The van der Waals surface area contributed by atoms with Gasteiger partial charge in [0.15, 0.2) is 6.23 Å². The smallest absolute Gasteiger partial charge is 0.290 e. The molecule has 0 amide bonds. The van der Waals surface area contributed by atoms with Gasteiger partial charge in [-0.25, -0.2) is 14.4 Å². The Bertz CT molecular complexity index is 1290. The van der Waals surface area contributed by atoms with Gasteiger partial charge < -0.3 is 14.4 Å². The van der Waals surface area contributed by atoms with Gasteiger partial charge in [0.2, 0.25) is 5.88 Å². The van der Waals surface area contributed by atoms with Crippen molar-refractivity contribution in [2.24, 2.45) is 0 Å². The number of anilines is 1. The standard InChI is InChI=1S/C25H27ClFN5O3/c1-15(2)18-11-16(27)6-7-21(18)35-24-17-8-9-31(13-19(17)28-14-29-24)20-12-30-32(25(33)23(20)26)22-5-3-4-10-34-22/h6-7,11-12,14-15,22H,3-5,8-10,13H2,1-2H3. The zero-order valence-electron chi connectivity index (χ0n) is 19.7. The van der Waals surface area contributed by atoms with Crippen molar-refractivity contribution in [3.63, 3.8) is 0 Å². The highest BCUT2D eigenvalue weighted by atomic mass is 35.5. The summed E-state index contributed by atoms with van der Waals surface area (Å²) in [5, 5.41) is 4.49. The lowest BCUT2D eigenvalue weighted by atomic mass is 10.0. The number of ether oxygens (including phenoxy) is 2. The lowest BCUT2D eigenvalue weighted by molar-refractivity contribution is -0.0424. The fraction of sp³-hybridized carbons (Fsp3) is 0.440. The van der Waals surface area contributed by atoms with Crippen LogP contribution in [0.25, 0.3) is 0 Å². The molecule has 3 aromatic rings. The summed E-state index contributed by atoms with van der Waals surface area (Å²) in [6.07, 6.45) is 6.01. The summed E-state index contributed by atoms with van der Waals surface area (Å²) in [6, 6.07) is 4.50.